The lowest BCUT2D eigenvalue weighted by atomic mass is 10.1. The summed E-state index contributed by atoms with van der Waals surface area (Å²) in [6, 6.07) is 4.35. The normalized spacial score (nSPS) is 11.0. The van der Waals surface area contributed by atoms with E-state index in [0.29, 0.717) is 11.0 Å². The highest BCUT2D eigenvalue weighted by atomic mass is 35.5. The molecule has 0 radical (unpaired) electrons. The average Bonchev–Trinajstić information content (AvgIpc) is 2.93. The van der Waals surface area contributed by atoms with Crippen molar-refractivity contribution < 1.29 is 9.18 Å². The van der Waals surface area contributed by atoms with E-state index in [0.717, 1.165) is 17.8 Å². The number of hydrogen-bond donors (Lipinski definition) is 1. The summed E-state index contributed by atoms with van der Waals surface area (Å²) in [6.07, 6.45) is 1.82. The summed E-state index contributed by atoms with van der Waals surface area (Å²) in [5.41, 5.74) is 0.186. The van der Waals surface area contributed by atoms with Crippen LogP contribution < -0.4 is 5.32 Å². The predicted octanol–water partition coefficient (Wildman–Crippen LogP) is 4.42. The predicted molar refractivity (Wildman–Crippen MR) is 87.0 cm³/mol. The Balaban J connectivity index is 2.04. The van der Waals surface area contributed by atoms with Crippen molar-refractivity contribution in [3.63, 3.8) is 0 Å². The van der Waals surface area contributed by atoms with Gasteiger partial charge in [-0.3, -0.25) is 4.79 Å². The molecule has 1 N–H and O–H groups in total. The van der Waals surface area contributed by atoms with Crippen LogP contribution in [-0.4, -0.2) is 16.1 Å². The summed E-state index contributed by atoms with van der Waals surface area (Å²) >= 11 is 7.27. The monoisotopic (exact) mass is 341 g/mol. The van der Waals surface area contributed by atoms with Gasteiger partial charge in [0.2, 0.25) is 11.0 Å². The van der Waals surface area contributed by atoms with Crippen molar-refractivity contribution in [1.82, 2.24) is 10.2 Å². The first-order chi connectivity index (χ1) is 10.5. The molecule has 0 aliphatic carbocycles. The summed E-state index contributed by atoms with van der Waals surface area (Å²) in [7, 11) is 0. The molecule has 118 valence electrons. The van der Waals surface area contributed by atoms with Crippen LogP contribution in [0, 0.1) is 5.82 Å². The maximum Gasteiger partial charge on any atom is 0.230 e. The van der Waals surface area contributed by atoms with Crippen LogP contribution in [0.5, 0.6) is 0 Å². The Kier molecular flexibility index (Phi) is 5.85. The standard InChI is InChI=1S/C15H17ClFN3OS/c1-3-9(4-2)14-19-20-15(22-14)18-13(21)8-10-11(16)6-5-7-12(10)17/h5-7,9H,3-4,8H2,1-2H3,(H,18,20,21). The Morgan fingerprint density at radius 1 is 1.36 bits per heavy atom. The Morgan fingerprint density at radius 3 is 2.73 bits per heavy atom. The Bertz CT molecular complexity index is 638. The molecular formula is C15H17ClFN3OS. The first-order valence-corrected chi connectivity index (χ1v) is 8.30. The number of amides is 1. The van der Waals surface area contributed by atoms with Gasteiger partial charge in [0.05, 0.1) is 6.42 Å². The molecule has 0 bridgehead atoms. The van der Waals surface area contributed by atoms with Crippen molar-refractivity contribution in [2.24, 2.45) is 0 Å². The molecule has 0 spiro atoms. The van der Waals surface area contributed by atoms with Crippen molar-refractivity contribution in [2.45, 2.75) is 39.0 Å². The van der Waals surface area contributed by atoms with Crippen LogP contribution in [0.2, 0.25) is 5.02 Å². The maximum absolute atomic E-state index is 13.7. The number of aromatic nitrogens is 2. The topological polar surface area (TPSA) is 54.9 Å². The molecule has 22 heavy (non-hydrogen) atoms. The van der Waals surface area contributed by atoms with E-state index in [2.05, 4.69) is 29.4 Å². The van der Waals surface area contributed by atoms with Gasteiger partial charge in [0, 0.05) is 16.5 Å². The van der Waals surface area contributed by atoms with E-state index in [1.807, 2.05) is 0 Å². The van der Waals surface area contributed by atoms with Gasteiger partial charge in [-0.1, -0.05) is 42.9 Å². The maximum atomic E-state index is 13.7. The minimum atomic E-state index is -0.488. The fraction of sp³-hybridized carbons (Fsp3) is 0.400. The SMILES string of the molecule is CCC(CC)c1nnc(NC(=O)Cc2c(F)cccc2Cl)s1. The van der Waals surface area contributed by atoms with Gasteiger partial charge in [-0.15, -0.1) is 10.2 Å². The molecular weight excluding hydrogens is 325 g/mol. The van der Waals surface area contributed by atoms with E-state index in [-0.39, 0.29) is 22.9 Å². The second-order valence-electron chi connectivity index (χ2n) is 4.88. The second-order valence-corrected chi connectivity index (χ2v) is 6.30. The van der Waals surface area contributed by atoms with E-state index >= 15 is 0 Å². The van der Waals surface area contributed by atoms with Crippen molar-refractivity contribution in [3.05, 3.63) is 39.6 Å². The van der Waals surface area contributed by atoms with Crippen molar-refractivity contribution in [1.29, 1.82) is 0 Å². The number of benzene rings is 1. The number of nitrogens with one attached hydrogen (secondary N) is 1. The molecule has 0 fully saturated rings. The van der Waals surface area contributed by atoms with Crippen molar-refractivity contribution in [2.75, 3.05) is 5.32 Å². The van der Waals surface area contributed by atoms with Gasteiger partial charge in [-0.2, -0.15) is 0 Å². The number of nitrogens with zero attached hydrogens (tertiary/aromatic N) is 2. The average molecular weight is 342 g/mol. The summed E-state index contributed by atoms with van der Waals surface area (Å²) < 4.78 is 13.7. The van der Waals surface area contributed by atoms with Crippen molar-refractivity contribution in [3.8, 4) is 0 Å². The first-order valence-electron chi connectivity index (χ1n) is 7.11. The molecule has 0 atom stereocenters. The Morgan fingerprint density at radius 2 is 2.09 bits per heavy atom. The lowest BCUT2D eigenvalue weighted by Gasteiger charge is -2.06. The van der Waals surface area contributed by atoms with E-state index < -0.39 is 5.82 Å². The van der Waals surface area contributed by atoms with Gasteiger partial charge in [0.25, 0.3) is 0 Å². The Hall–Kier alpha value is -1.53. The highest BCUT2D eigenvalue weighted by Crippen LogP contribution is 2.28. The molecule has 7 heteroatoms. The minimum Gasteiger partial charge on any atom is -0.300 e. The lowest BCUT2D eigenvalue weighted by Crippen LogP contribution is -2.15. The number of rotatable bonds is 6. The Labute approximate surface area is 137 Å². The van der Waals surface area contributed by atoms with E-state index in [9.17, 15) is 9.18 Å². The zero-order valence-electron chi connectivity index (χ0n) is 12.4. The van der Waals surface area contributed by atoms with E-state index in [1.165, 1.54) is 23.5 Å². The van der Waals surface area contributed by atoms with Gasteiger partial charge < -0.3 is 5.32 Å². The quantitative estimate of drug-likeness (QED) is 0.846. The smallest absolute Gasteiger partial charge is 0.230 e. The molecule has 0 saturated carbocycles. The molecule has 4 nitrogen and oxygen atoms in total. The lowest BCUT2D eigenvalue weighted by molar-refractivity contribution is -0.115. The van der Waals surface area contributed by atoms with Crippen LogP contribution in [0.4, 0.5) is 9.52 Å². The van der Waals surface area contributed by atoms with Crippen LogP contribution in [0.3, 0.4) is 0 Å². The third-order valence-electron chi connectivity index (χ3n) is 3.42. The summed E-state index contributed by atoms with van der Waals surface area (Å²) in [4.78, 5) is 12.0. The number of carbonyl (C=O) groups excluding carboxylic acids is 1. The molecule has 1 aromatic heterocycles. The molecule has 0 aliphatic rings. The molecule has 0 saturated heterocycles. The third kappa shape index (κ3) is 4.01. The number of anilines is 1. The molecule has 1 heterocycles. The van der Waals surface area contributed by atoms with E-state index in [1.54, 1.807) is 6.07 Å². The van der Waals surface area contributed by atoms with Crippen LogP contribution in [0.25, 0.3) is 0 Å². The fourth-order valence-corrected chi connectivity index (χ4v) is 3.37. The largest absolute Gasteiger partial charge is 0.300 e. The van der Waals surface area contributed by atoms with Crippen LogP contribution in [0.15, 0.2) is 18.2 Å². The second kappa shape index (κ2) is 7.65. The van der Waals surface area contributed by atoms with E-state index in [4.69, 9.17) is 11.6 Å². The van der Waals surface area contributed by atoms with Gasteiger partial charge in [0.15, 0.2) is 0 Å². The van der Waals surface area contributed by atoms with Gasteiger partial charge in [-0.25, -0.2) is 4.39 Å². The number of carbonyl (C=O) groups is 1. The zero-order valence-corrected chi connectivity index (χ0v) is 14.0. The summed E-state index contributed by atoms with van der Waals surface area (Å²) in [5, 5.41) is 12.3. The number of hydrogen-bond acceptors (Lipinski definition) is 4. The van der Waals surface area contributed by atoms with Gasteiger partial charge >= 0.3 is 0 Å². The van der Waals surface area contributed by atoms with Crippen molar-refractivity contribution >= 4 is 34.0 Å². The van der Waals surface area contributed by atoms with Crippen LogP contribution in [0.1, 0.15) is 43.2 Å². The highest BCUT2D eigenvalue weighted by molar-refractivity contribution is 7.15. The van der Waals surface area contributed by atoms with Gasteiger partial charge in [0.1, 0.15) is 10.8 Å². The fourth-order valence-electron chi connectivity index (χ4n) is 2.11. The van der Waals surface area contributed by atoms with Crippen LogP contribution in [-0.2, 0) is 11.2 Å². The molecule has 1 aromatic carbocycles. The molecule has 0 unspecified atom stereocenters. The molecule has 2 rings (SSSR count). The minimum absolute atomic E-state index is 0.134. The molecule has 0 aliphatic heterocycles. The molecule has 2 aromatic rings. The first kappa shape index (κ1) is 16.8. The summed E-state index contributed by atoms with van der Waals surface area (Å²) in [5.74, 6) is -0.499. The number of halogens is 2. The highest BCUT2D eigenvalue weighted by Gasteiger charge is 2.16. The zero-order chi connectivity index (χ0) is 16.1. The van der Waals surface area contributed by atoms with Gasteiger partial charge in [-0.05, 0) is 25.0 Å². The third-order valence-corrected chi connectivity index (χ3v) is 4.78. The molecule has 1 amide bonds. The van der Waals surface area contributed by atoms with Crippen LogP contribution >= 0.6 is 22.9 Å². The summed E-state index contributed by atoms with van der Waals surface area (Å²) in [6.45, 7) is 4.18.